The Kier molecular flexibility index (Phi) is 4.87. The summed E-state index contributed by atoms with van der Waals surface area (Å²) in [6.45, 7) is 10.4. The van der Waals surface area contributed by atoms with Crippen LogP contribution < -0.4 is 0 Å². The first-order valence-corrected chi connectivity index (χ1v) is 11.4. The number of amides is 1. The summed E-state index contributed by atoms with van der Waals surface area (Å²) < 4.78 is 5.72. The van der Waals surface area contributed by atoms with Crippen LogP contribution in [0.15, 0.2) is 11.8 Å². The van der Waals surface area contributed by atoms with Crippen LogP contribution in [0.3, 0.4) is 0 Å². The second-order valence-electron chi connectivity index (χ2n) is 11.4. The fourth-order valence-electron chi connectivity index (χ4n) is 7.20. The summed E-state index contributed by atoms with van der Waals surface area (Å²) in [6, 6.07) is 0. The van der Waals surface area contributed by atoms with E-state index in [1.165, 1.54) is 0 Å². The Morgan fingerprint density at radius 1 is 1.13 bits per heavy atom. The molecule has 6 nitrogen and oxygen atoms in total. The minimum atomic E-state index is -0.687. The van der Waals surface area contributed by atoms with Crippen LogP contribution in [0.5, 0.6) is 0 Å². The number of hydrogen-bond donors (Lipinski definition) is 1. The van der Waals surface area contributed by atoms with Crippen LogP contribution in [-0.2, 0) is 14.3 Å². The molecule has 4 rings (SSSR count). The molecule has 6 atom stereocenters. The highest BCUT2D eigenvalue weighted by atomic mass is 16.6. The Bertz CT molecular complexity index is 811. The Labute approximate surface area is 179 Å². The van der Waals surface area contributed by atoms with Crippen molar-refractivity contribution >= 4 is 17.8 Å². The number of rotatable bonds is 1. The van der Waals surface area contributed by atoms with E-state index in [4.69, 9.17) is 4.74 Å². The monoisotopic (exact) mass is 417 g/mol. The molecule has 1 aliphatic heterocycles. The van der Waals surface area contributed by atoms with Gasteiger partial charge in [-0.05, 0) is 76.0 Å². The zero-order chi connectivity index (χ0) is 22.1. The van der Waals surface area contributed by atoms with E-state index in [-0.39, 0.29) is 34.4 Å². The minimum Gasteiger partial charge on any atom is -0.481 e. The van der Waals surface area contributed by atoms with E-state index in [1.54, 1.807) is 11.0 Å². The number of aliphatic carboxylic acids is 1. The number of likely N-dealkylation sites (tertiary alicyclic amines) is 1. The molecule has 0 aromatic rings. The molecule has 1 amide bonds. The number of nitrogens with zero attached hydrogens (tertiary/aromatic N) is 1. The van der Waals surface area contributed by atoms with E-state index in [1.807, 2.05) is 20.8 Å². The molecular weight excluding hydrogens is 382 g/mol. The van der Waals surface area contributed by atoms with Gasteiger partial charge >= 0.3 is 12.1 Å². The van der Waals surface area contributed by atoms with Crippen LogP contribution in [0, 0.1) is 34.5 Å². The lowest BCUT2D eigenvalue weighted by Gasteiger charge is -2.59. The third kappa shape index (κ3) is 3.18. The van der Waals surface area contributed by atoms with Crippen LogP contribution in [0.1, 0.15) is 73.1 Å². The van der Waals surface area contributed by atoms with Gasteiger partial charge in [-0.25, -0.2) is 4.79 Å². The molecule has 1 unspecified atom stereocenters. The predicted molar refractivity (Wildman–Crippen MR) is 112 cm³/mol. The van der Waals surface area contributed by atoms with Crippen LogP contribution in [0.25, 0.3) is 0 Å². The maximum absolute atomic E-state index is 13.2. The van der Waals surface area contributed by atoms with Crippen LogP contribution in [-0.4, -0.2) is 40.0 Å². The standard InChI is InChI=1S/C24H35NO5/c1-22(2,3)30-21(29)25-13-15-16-6-7-18(20(27)28)23(16,4)11-9-17(15)24(5)10-8-14(26)12-19(24)25/h12,15-18H,6-11,13H2,1-5H3,(H,27,28)/t15-,16-,17+,18?,23-,24+/m0/s1. The van der Waals surface area contributed by atoms with Crippen molar-refractivity contribution in [3.8, 4) is 0 Å². The summed E-state index contributed by atoms with van der Waals surface area (Å²) in [5, 5.41) is 9.82. The number of carbonyl (C=O) groups is 3. The topological polar surface area (TPSA) is 83.9 Å². The molecule has 6 heteroatoms. The zero-order valence-electron chi connectivity index (χ0n) is 18.9. The number of fused-ring (bicyclic) bond motifs is 5. The van der Waals surface area contributed by atoms with E-state index in [9.17, 15) is 19.5 Å². The van der Waals surface area contributed by atoms with Crippen LogP contribution in [0.2, 0.25) is 0 Å². The van der Waals surface area contributed by atoms with E-state index < -0.39 is 17.7 Å². The highest BCUT2D eigenvalue weighted by Gasteiger charge is 2.62. The van der Waals surface area contributed by atoms with E-state index >= 15 is 0 Å². The average Bonchev–Trinajstić information content (AvgIpc) is 2.98. The van der Waals surface area contributed by atoms with Crippen molar-refractivity contribution in [1.82, 2.24) is 4.90 Å². The summed E-state index contributed by atoms with van der Waals surface area (Å²) in [6.07, 6.45) is 5.98. The lowest BCUT2D eigenvalue weighted by molar-refractivity contribution is -0.150. The number of carboxylic acid groups (broad SMARTS) is 1. The minimum absolute atomic E-state index is 0.0712. The molecule has 0 bridgehead atoms. The summed E-state index contributed by atoms with van der Waals surface area (Å²) in [4.78, 5) is 39.2. The Morgan fingerprint density at radius 2 is 1.83 bits per heavy atom. The average molecular weight is 418 g/mol. The largest absolute Gasteiger partial charge is 0.481 e. The summed E-state index contributed by atoms with van der Waals surface area (Å²) in [7, 11) is 0. The van der Waals surface area contributed by atoms with Gasteiger partial charge in [0.15, 0.2) is 5.78 Å². The molecule has 3 aliphatic carbocycles. The van der Waals surface area contributed by atoms with Crippen molar-refractivity contribution in [3.63, 3.8) is 0 Å². The summed E-state index contributed by atoms with van der Waals surface area (Å²) in [5.41, 5.74) is -0.289. The molecule has 0 aromatic carbocycles. The first kappa shape index (κ1) is 21.4. The van der Waals surface area contributed by atoms with Gasteiger partial charge < -0.3 is 9.84 Å². The van der Waals surface area contributed by atoms with Gasteiger partial charge in [-0.3, -0.25) is 14.5 Å². The fourth-order valence-corrected chi connectivity index (χ4v) is 7.20. The first-order valence-electron chi connectivity index (χ1n) is 11.4. The van der Waals surface area contributed by atoms with Gasteiger partial charge in [-0.1, -0.05) is 13.8 Å². The zero-order valence-corrected chi connectivity index (χ0v) is 18.9. The lowest BCUT2D eigenvalue weighted by atomic mass is 9.49. The SMILES string of the molecule is CC(C)(C)OC(=O)N1C[C@@H]2[C@@H](CC[C@]3(C)C(C(=O)O)CC[C@@H]23)[C@@]2(C)CCC(=O)C=C12. The molecule has 4 aliphatic rings. The number of piperidine rings is 1. The number of ether oxygens (including phenoxy) is 1. The maximum Gasteiger partial charge on any atom is 0.414 e. The quantitative estimate of drug-likeness (QED) is 0.672. The van der Waals surface area contributed by atoms with Crippen molar-refractivity contribution in [2.24, 2.45) is 34.5 Å². The third-order valence-corrected chi connectivity index (χ3v) is 8.63. The molecule has 166 valence electrons. The normalized spacial score (nSPS) is 40.8. The molecule has 1 N–H and O–H groups in total. The number of allylic oxidation sites excluding steroid dienone is 2. The van der Waals surface area contributed by atoms with E-state index in [0.29, 0.717) is 25.3 Å². The molecule has 3 fully saturated rings. The molecular formula is C24H35NO5. The van der Waals surface area contributed by atoms with Crippen molar-refractivity contribution in [2.45, 2.75) is 78.7 Å². The first-order chi connectivity index (χ1) is 13.9. The molecule has 0 spiro atoms. The second kappa shape index (κ2) is 6.83. The number of hydrogen-bond acceptors (Lipinski definition) is 4. The Balaban J connectivity index is 1.73. The van der Waals surface area contributed by atoms with Crippen molar-refractivity contribution < 1.29 is 24.2 Å². The molecule has 1 heterocycles. The predicted octanol–water partition coefficient (Wildman–Crippen LogP) is 4.63. The van der Waals surface area contributed by atoms with E-state index in [2.05, 4.69) is 13.8 Å². The molecule has 0 radical (unpaired) electrons. The number of ketones is 1. The van der Waals surface area contributed by atoms with Crippen molar-refractivity contribution in [3.05, 3.63) is 11.8 Å². The van der Waals surface area contributed by atoms with Gasteiger partial charge in [0, 0.05) is 30.2 Å². The summed E-state index contributed by atoms with van der Waals surface area (Å²) in [5.74, 6) is -0.0539. The number of carbonyl (C=O) groups excluding carboxylic acids is 2. The molecule has 2 saturated carbocycles. The van der Waals surface area contributed by atoms with Crippen molar-refractivity contribution in [2.75, 3.05) is 6.54 Å². The van der Waals surface area contributed by atoms with Crippen molar-refractivity contribution in [1.29, 1.82) is 0 Å². The molecule has 30 heavy (non-hydrogen) atoms. The van der Waals surface area contributed by atoms with Gasteiger partial charge in [0.1, 0.15) is 5.60 Å². The fraction of sp³-hybridized carbons (Fsp3) is 0.792. The number of carboxylic acids is 1. The maximum atomic E-state index is 13.2. The van der Waals surface area contributed by atoms with Crippen LogP contribution in [0.4, 0.5) is 4.79 Å². The Hall–Kier alpha value is -1.85. The molecule has 1 saturated heterocycles. The van der Waals surface area contributed by atoms with Gasteiger partial charge in [-0.2, -0.15) is 0 Å². The van der Waals surface area contributed by atoms with Crippen LogP contribution >= 0.6 is 0 Å². The highest BCUT2D eigenvalue weighted by molar-refractivity contribution is 5.92. The second-order valence-corrected chi connectivity index (χ2v) is 11.4. The Morgan fingerprint density at radius 3 is 2.47 bits per heavy atom. The smallest absolute Gasteiger partial charge is 0.414 e. The third-order valence-electron chi connectivity index (χ3n) is 8.63. The van der Waals surface area contributed by atoms with E-state index in [0.717, 1.165) is 31.4 Å². The van der Waals surface area contributed by atoms with Gasteiger partial charge in [0.05, 0.1) is 5.92 Å². The molecule has 0 aromatic heterocycles. The highest BCUT2D eigenvalue weighted by Crippen LogP contribution is 2.65. The van der Waals surface area contributed by atoms with Gasteiger partial charge in [-0.15, -0.1) is 0 Å². The summed E-state index contributed by atoms with van der Waals surface area (Å²) >= 11 is 0. The van der Waals surface area contributed by atoms with Gasteiger partial charge in [0.2, 0.25) is 0 Å². The van der Waals surface area contributed by atoms with Gasteiger partial charge in [0.25, 0.3) is 0 Å². The lowest BCUT2D eigenvalue weighted by Crippen LogP contribution is -2.59.